The maximum atomic E-state index is 12.2. The topological polar surface area (TPSA) is 66.9 Å². The van der Waals surface area contributed by atoms with Gasteiger partial charge in [-0.2, -0.15) is 0 Å². The molecule has 5 nitrogen and oxygen atoms in total. The maximum absolute atomic E-state index is 12.2. The van der Waals surface area contributed by atoms with Crippen molar-refractivity contribution in [3.8, 4) is 0 Å². The van der Waals surface area contributed by atoms with Gasteiger partial charge in [-0.15, -0.1) is 0 Å². The number of nitrogens with one attached hydrogen (secondary N) is 2. The number of hydrogen-bond donors (Lipinski definition) is 2. The van der Waals surface area contributed by atoms with Crippen LogP contribution in [0.25, 0.3) is 10.2 Å². The van der Waals surface area contributed by atoms with E-state index in [0.717, 1.165) is 26.6 Å². The molecule has 4 aromatic rings. The molecule has 6 heteroatoms. The van der Waals surface area contributed by atoms with E-state index in [9.17, 15) is 4.79 Å². The van der Waals surface area contributed by atoms with Crippen molar-refractivity contribution in [3.63, 3.8) is 0 Å². The van der Waals surface area contributed by atoms with Crippen LogP contribution < -0.4 is 10.6 Å². The SMILES string of the molecule is O=C(Nc1cccc(CNc2nc3ccccc3s2)c1)c1ccncc1. The summed E-state index contributed by atoms with van der Waals surface area (Å²) in [7, 11) is 0. The lowest BCUT2D eigenvalue weighted by atomic mass is 10.2. The highest BCUT2D eigenvalue weighted by Gasteiger charge is 2.06. The molecule has 1 amide bonds. The minimum atomic E-state index is -0.149. The van der Waals surface area contributed by atoms with E-state index in [1.807, 2.05) is 42.5 Å². The summed E-state index contributed by atoms with van der Waals surface area (Å²) < 4.78 is 1.16. The van der Waals surface area contributed by atoms with Crippen molar-refractivity contribution >= 4 is 38.3 Å². The Morgan fingerprint density at radius 3 is 2.69 bits per heavy atom. The van der Waals surface area contributed by atoms with Crippen LogP contribution in [-0.4, -0.2) is 15.9 Å². The largest absolute Gasteiger partial charge is 0.357 e. The minimum Gasteiger partial charge on any atom is -0.357 e. The maximum Gasteiger partial charge on any atom is 0.255 e. The van der Waals surface area contributed by atoms with Gasteiger partial charge < -0.3 is 10.6 Å². The molecule has 0 aliphatic heterocycles. The van der Waals surface area contributed by atoms with Crippen LogP contribution >= 0.6 is 11.3 Å². The predicted octanol–water partition coefficient (Wildman–Crippen LogP) is 4.56. The molecule has 2 aromatic carbocycles. The van der Waals surface area contributed by atoms with Crippen molar-refractivity contribution in [1.82, 2.24) is 9.97 Å². The summed E-state index contributed by atoms with van der Waals surface area (Å²) in [6.45, 7) is 0.638. The number of amides is 1. The van der Waals surface area contributed by atoms with E-state index in [4.69, 9.17) is 0 Å². The molecule has 0 unspecified atom stereocenters. The molecule has 0 spiro atoms. The van der Waals surface area contributed by atoms with Gasteiger partial charge in [-0.25, -0.2) is 4.98 Å². The number of aromatic nitrogens is 2. The fourth-order valence-electron chi connectivity index (χ4n) is 2.59. The predicted molar refractivity (Wildman–Crippen MR) is 106 cm³/mol. The first-order valence-corrected chi connectivity index (χ1v) is 8.99. The van der Waals surface area contributed by atoms with Crippen molar-refractivity contribution in [2.24, 2.45) is 0 Å². The summed E-state index contributed by atoms with van der Waals surface area (Å²) in [5.41, 5.74) is 3.41. The first-order valence-electron chi connectivity index (χ1n) is 8.18. The first kappa shape index (κ1) is 16.2. The van der Waals surface area contributed by atoms with Gasteiger partial charge in [-0.05, 0) is 42.0 Å². The normalized spacial score (nSPS) is 10.6. The third-order valence-electron chi connectivity index (χ3n) is 3.86. The lowest BCUT2D eigenvalue weighted by Crippen LogP contribution is -2.12. The van der Waals surface area contributed by atoms with E-state index in [1.54, 1.807) is 35.9 Å². The van der Waals surface area contributed by atoms with Gasteiger partial charge in [0.2, 0.25) is 0 Å². The minimum absolute atomic E-state index is 0.149. The molecule has 0 radical (unpaired) electrons. The fraction of sp³-hybridized carbons (Fsp3) is 0.0500. The number of carbonyl (C=O) groups excluding carboxylic acids is 1. The van der Waals surface area contributed by atoms with Crippen molar-refractivity contribution in [2.75, 3.05) is 10.6 Å². The van der Waals surface area contributed by atoms with Gasteiger partial charge in [-0.1, -0.05) is 35.6 Å². The highest BCUT2D eigenvalue weighted by molar-refractivity contribution is 7.22. The van der Waals surface area contributed by atoms with Crippen LogP contribution in [0.3, 0.4) is 0 Å². The Labute approximate surface area is 154 Å². The zero-order valence-electron chi connectivity index (χ0n) is 13.8. The Hall–Kier alpha value is -3.25. The summed E-state index contributed by atoms with van der Waals surface area (Å²) >= 11 is 1.63. The number of para-hydroxylation sites is 1. The van der Waals surface area contributed by atoms with Crippen LogP contribution in [-0.2, 0) is 6.54 Å². The van der Waals surface area contributed by atoms with E-state index in [0.29, 0.717) is 12.1 Å². The number of rotatable bonds is 5. The quantitative estimate of drug-likeness (QED) is 0.548. The molecule has 2 N–H and O–H groups in total. The molecule has 128 valence electrons. The van der Waals surface area contributed by atoms with Crippen LogP contribution in [0, 0.1) is 0 Å². The number of carbonyl (C=O) groups is 1. The average molecular weight is 360 g/mol. The Balaban J connectivity index is 1.43. The van der Waals surface area contributed by atoms with E-state index in [2.05, 4.69) is 26.7 Å². The van der Waals surface area contributed by atoms with Gasteiger partial charge in [0.1, 0.15) is 0 Å². The summed E-state index contributed by atoms with van der Waals surface area (Å²) in [5, 5.41) is 7.15. The highest BCUT2D eigenvalue weighted by Crippen LogP contribution is 2.26. The average Bonchev–Trinajstić information content (AvgIpc) is 3.10. The number of anilines is 2. The van der Waals surface area contributed by atoms with Crippen LogP contribution in [0.4, 0.5) is 10.8 Å². The number of thiazole rings is 1. The molecular weight excluding hydrogens is 344 g/mol. The van der Waals surface area contributed by atoms with Crippen molar-refractivity contribution in [3.05, 3.63) is 84.2 Å². The Bertz CT molecular complexity index is 1010. The van der Waals surface area contributed by atoms with Crippen LogP contribution in [0.1, 0.15) is 15.9 Å². The van der Waals surface area contributed by atoms with Gasteiger partial charge in [-0.3, -0.25) is 9.78 Å². The molecule has 0 bridgehead atoms. The second kappa shape index (κ2) is 7.33. The van der Waals surface area contributed by atoms with Gasteiger partial charge in [0, 0.05) is 30.2 Å². The van der Waals surface area contributed by atoms with Gasteiger partial charge in [0.05, 0.1) is 10.2 Å². The van der Waals surface area contributed by atoms with Crippen LogP contribution in [0.2, 0.25) is 0 Å². The van der Waals surface area contributed by atoms with E-state index in [-0.39, 0.29) is 5.91 Å². The zero-order chi connectivity index (χ0) is 17.8. The number of benzene rings is 2. The lowest BCUT2D eigenvalue weighted by Gasteiger charge is -2.08. The van der Waals surface area contributed by atoms with E-state index in [1.165, 1.54) is 0 Å². The number of nitrogens with zero attached hydrogens (tertiary/aromatic N) is 2. The molecule has 26 heavy (non-hydrogen) atoms. The summed E-state index contributed by atoms with van der Waals surface area (Å²) in [5.74, 6) is -0.149. The zero-order valence-corrected chi connectivity index (χ0v) is 14.7. The van der Waals surface area contributed by atoms with Crippen LogP contribution in [0.15, 0.2) is 73.1 Å². The second-order valence-corrected chi connectivity index (χ2v) is 6.76. The van der Waals surface area contributed by atoms with Crippen LogP contribution in [0.5, 0.6) is 0 Å². The number of hydrogen-bond acceptors (Lipinski definition) is 5. The summed E-state index contributed by atoms with van der Waals surface area (Å²) in [4.78, 5) is 20.7. The summed E-state index contributed by atoms with van der Waals surface area (Å²) in [6.07, 6.45) is 3.21. The standard InChI is InChI=1S/C20H16N4OS/c25-19(15-8-10-21-11-9-15)23-16-5-3-4-14(12-16)13-22-20-24-17-6-1-2-7-18(17)26-20/h1-12H,13H2,(H,22,24)(H,23,25). The molecule has 0 aliphatic rings. The van der Waals surface area contributed by atoms with E-state index < -0.39 is 0 Å². The molecule has 0 atom stereocenters. The molecule has 2 aromatic heterocycles. The van der Waals surface area contributed by atoms with E-state index >= 15 is 0 Å². The molecular formula is C20H16N4OS. The molecule has 4 rings (SSSR count). The Morgan fingerprint density at radius 1 is 1.00 bits per heavy atom. The Kier molecular flexibility index (Phi) is 4.57. The first-order chi connectivity index (χ1) is 12.8. The monoisotopic (exact) mass is 360 g/mol. The summed E-state index contributed by atoms with van der Waals surface area (Å²) in [6, 6.07) is 19.2. The van der Waals surface area contributed by atoms with Crippen molar-refractivity contribution < 1.29 is 4.79 Å². The fourth-order valence-corrected chi connectivity index (χ4v) is 3.45. The molecule has 0 saturated carbocycles. The number of pyridine rings is 1. The highest BCUT2D eigenvalue weighted by atomic mass is 32.1. The lowest BCUT2D eigenvalue weighted by molar-refractivity contribution is 0.102. The molecule has 0 fully saturated rings. The molecule has 2 heterocycles. The van der Waals surface area contributed by atoms with Crippen molar-refractivity contribution in [2.45, 2.75) is 6.54 Å². The number of fused-ring (bicyclic) bond motifs is 1. The third kappa shape index (κ3) is 3.70. The van der Waals surface area contributed by atoms with Gasteiger partial charge in [0.15, 0.2) is 5.13 Å². The smallest absolute Gasteiger partial charge is 0.255 e. The van der Waals surface area contributed by atoms with Gasteiger partial charge in [0.25, 0.3) is 5.91 Å². The second-order valence-electron chi connectivity index (χ2n) is 5.73. The third-order valence-corrected chi connectivity index (χ3v) is 4.86. The van der Waals surface area contributed by atoms with Crippen molar-refractivity contribution in [1.29, 1.82) is 0 Å². The van der Waals surface area contributed by atoms with Gasteiger partial charge >= 0.3 is 0 Å². The Morgan fingerprint density at radius 2 is 1.85 bits per heavy atom. The molecule has 0 aliphatic carbocycles. The molecule has 0 saturated heterocycles.